The molecule has 0 amide bonds. The maximum Gasteiger partial charge on any atom is 0.203 e. The van der Waals surface area contributed by atoms with Crippen LogP contribution in [0.5, 0.6) is 0 Å². The zero-order valence-electron chi connectivity index (χ0n) is 10.6. The van der Waals surface area contributed by atoms with E-state index in [2.05, 4.69) is 53.6 Å². The molecule has 2 rings (SSSR count). The predicted molar refractivity (Wildman–Crippen MR) is 72.6 cm³/mol. The summed E-state index contributed by atoms with van der Waals surface area (Å²) in [7, 11) is 0. The summed E-state index contributed by atoms with van der Waals surface area (Å²) in [6.07, 6.45) is 0. The highest BCUT2D eigenvalue weighted by molar-refractivity contribution is 7.09. The average Bonchev–Trinajstić information content (AvgIpc) is 2.62. The maximum absolute atomic E-state index is 4.32. The molecule has 0 radical (unpaired) electrons. The summed E-state index contributed by atoms with van der Waals surface area (Å²) in [6.45, 7) is 8.30. The van der Waals surface area contributed by atoms with Gasteiger partial charge in [0.2, 0.25) is 5.13 Å². The van der Waals surface area contributed by atoms with Gasteiger partial charge >= 0.3 is 0 Å². The highest BCUT2D eigenvalue weighted by Gasteiger charge is 2.08. The van der Waals surface area contributed by atoms with Gasteiger partial charge in [-0.25, -0.2) is 4.98 Å². The molecule has 0 bridgehead atoms. The van der Waals surface area contributed by atoms with Crippen LogP contribution in [0, 0.1) is 20.8 Å². The molecule has 1 aromatic heterocycles. The summed E-state index contributed by atoms with van der Waals surface area (Å²) in [5.41, 5.74) is 3.87. The molecule has 0 saturated heterocycles. The van der Waals surface area contributed by atoms with E-state index in [1.807, 2.05) is 6.92 Å². The highest BCUT2D eigenvalue weighted by atomic mass is 32.1. The molecule has 0 aliphatic rings. The lowest BCUT2D eigenvalue weighted by molar-refractivity contribution is 0.876. The van der Waals surface area contributed by atoms with Gasteiger partial charge in [-0.3, -0.25) is 0 Å². The van der Waals surface area contributed by atoms with Crippen LogP contribution < -0.4 is 5.32 Å². The number of aromatic nitrogens is 2. The number of aryl methyl sites for hydroxylation is 3. The highest BCUT2D eigenvalue weighted by Crippen LogP contribution is 2.22. The van der Waals surface area contributed by atoms with Crippen LogP contribution in [0.4, 0.5) is 5.13 Å². The summed E-state index contributed by atoms with van der Waals surface area (Å²) in [5, 5.41) is 4.26. The number of nitrogens with one attached hydrogen (secondary N) is 1. The Bertz CT molecular complexity index is 499. The van der Waals surface area contributed by atoms with E-state index in [1.54, 1.807) is 0 Å². The Morgan fingerprint density at radius 2 is 1.76 bits per heavy atom. The second-order valence-corrected chi connectivity index (χ2v) is 5.19. The molecule has 1 aromatic carbocycles. The number of rotatable bonds is 3. The number of benzene rings is 1. The Morgan fingerprint density at radius 1 is 1.12 bits per heavy atom. The van der Waals surface area contributed by atoms with Gasteiger partial charge in [0.15, 0.2) is 0 Å². The number of nitrogens with zero attached hydrogens (tertiary/aromatic N) is 2. The zero-order chi connectivity index (χ0) is 12.4. The Kier molecular flexibility index (Phi) is 3.43. The van der Waals surface area contributed by atoms with E-state index in [-0.39, 0.29) is 6.04 Å². The van der Waals surface area contributed by atoms with Gasteiger partial charge in [-0.15, -0.1) is 0 Å². The molecule has 4 heteroatoms. The molecule has 90 valence electrons. The molecule has 3 nitrogen and oxygen atoms in total. The first-order chi connectivity index (χ1) is 8.04. The van der Waals surface area contributed by atoms with Crippen molar-refractivity contribution >= 4 is 16.7 Å². The maximum atomic E-state index is 4.32. The first kappa shape index (κ1) is 12.0. The summed E-state index contributed by atoms with van der Waals surface area (Å²) >= 11 is 1.41. The molecule has 0 fully saturated rings. The van der Waals surface area contributed by atoms with Crippen LogP contribution >= 0.6 is 11.5 Å². The summed E-state index contributed by atoms with van der Waals surface area (Å²) in [5.74, 6) is 0.824. The van der Waals surface area contributed by atoms with Crippen molar-refractivity contribution in [3.63, 3.8) is 0 Å². The number of hydrogen-bond acceptors (Lipinski definition) is 4. The van der Waals surface area contributed by atoms with Gasteiger partial charge in [0.05, 0.1) is 6.04 Å². The van der Waals surface area contributed by atoms with Crippen molar-refractivity contribution in [3.05, 3.63) is 40.7 Å². The van der Waals surface area contributed by atoms with Crippen molar-refractivity contribution in [1.29, 1.82) is 0 Å². The van der Waals surface area contributed by atoms with Crippen LogP contribution in [0.2, 0.25) is 0 Å². The van der Waals surface area contributed by atoms with Crippen LogP contribution in [0.15, 0.2) is 18.2 Å². The fraction of sp³-hybridized carbons (Fsp3) is 0.385. The van der Waals surface area contributed by atoms with E-state index in [0.717, 1.165) is 11.0 Å². The third-order valence-electron chi connectivity index (χ3n) is 2.61. The lowest BCUT2D eigenvalue weighted by atomic mass is 10.0. The third kappa shape index (κ3) is 3.03. The van der Waals surface area contributed by atoms with Crippen molar-refractivity contribution in [3.8, 4) is 0 Å². The van der Waals surface area contributed by atoms with Crippen LogP contribution in [0.3, 0.4) is 0 Å². The van der Waals surface area contributed by atoms with Gasteiger partial charge in [-0.2, -0.15) is 4.37 Å². The van der Waals surface area contributed by atoms with Gasteiger partial charge in [-0.05, 0) is 33.3 Å². The Hall–Kier alpha value is -1.42. The fourth-order valence-electron chi connectivity index (χ4n) is 1.88. The molecule has 1 N–H and O–H groups in total. The topological polar surface area (TPSA) is 37.8 Å². The van der Waals surface area contributed by atoms with Crippen molar-refractivity contribution in [2.24, 2.45) is 0 Å². The van der Waals surface area contributed by atoms with Crippen LogP contribution in [0.25, 0.3) is 0 Å². The molecular formula is C13H17N3S. The molecule has 0 saturated carbocycles. The van der Waals surface area contributed by atoms with E-state index in [9.17, 15) is 0 Å². The average molecular weight is 247 g/mol. The molecule has 0 spiro atoms. The molecule has 17 heavy (non-hydrogen) atoms. The van der Waals surface area contributed by atoms with Gasteiger partial charge in [0.25, 0.3) is 0 Å². The van der Waals surface area contributed by atoms with Crippen molar-refractivity contribution < 1.29 is 0 Å². The minimum atomic E-state index is 0.251. The molecule has 0 aliphatic heterocycles. The standard InChI is InChI=1S/C13H17N3S/c1-8-5-9(2)7-12(6-8)10(3)14-13-15-11(4)16-17-13/h5-7,10H,1-4H3,(H,14,15,16). The minimum absolute atomic E-state index is 0.251. The Morgan fingerprint density at radius 3 is 2.29 bits per heavy atom. The second kappa shape index (κ2) is 4.84. The molecule has 1 atom stereocenters. The number of anilines is 1. The van der Waals surface area contributed by atoms with Gasteiger partial charge in [-0.1, -0.05) is 29.3 Å². The molecule has 1 heterocycles. The summed E-state index contributed by atoms with van der Waals surface area (Å²) < 4.78 is 4.17. The van der Waals surface area contributed by atoms with Crippen molar-refractivity contribution in [2.75, 3.05) is 5.32 Å². The summed E-state index contributed by atoms with van der Waals surface area (Å²) in [6, 6.07) is 6.85. The first-order valence-corrected chi connectivity index (χ1v) is 6.47. The van der Waals surface area contributed by atoms with E-state index in [1.165, 1.54) is 28.2 Å². The predicted octanol–water partition coefficient (Wildman–Crippen LogP) is 3.64. The van der Waals surface area contributed by atoms with Crippen LogP contribution in [0.1, 0.15) is 35.5 Å². The van der Waals surface area contributed by atoms with E-state index < -0.39 is 0 Å². The smallest absolute Gasteiger partial charge is 0.203 e. The quantitative estimate of drug-likeness (QED) is 0.900. The van der Waals surface area contributed by atoms with Crippen LogP contribution in [-0.4, -0.2) is 9.36 Å². The lowest BCUT2D eigenvalue weighted by Crippen LogP contribution is -2.06. The largest absolute Gasteiger partial charge is 0.354 e. The van der Waals surface area contributed by atoms with Gasteiger partial charge in [0.1, 0.15) is 5.82 Å². The molecule has 1 unspecified atom stereocenters. The first-order valence-electron chi connectivity index (χ1n) is 5.69. The minimum Gasteiger partial charge on any atom is -0.354 e. The van der Waals surface area contributed by atoms with Crippen molar-refractivity contribution in [2.45, 2.75) is 33.7 Å². The molecular weight excluding hydrogens is 230 g/mol. The van der Waals surface area contributed by atoms with E-state index in [4.69, 9.17) is 0 Å². The van der Waals surface area contributed by atoms with Gasteiger partial charge in [0, 0.05) is 11.5 Å². The van der Waals surface area contributed by atoms with E-state index in [0.29, 0.717) is 0 Å². The fourth-order valence-corrected chi connectivity index (χ4v) is 2.55. The van der Waals surface area contributed by atoms with Crippen molar-refractivity contribution in [1.82, 2.24) is 9.36 Å². The normalized spacial score (nSPS) is 12.5. The third-order valence-corrected chi connectivity index (χ3v) is 3.35. The molecule has 2 aromatic rings. The Labute approximate surface area is 106 Å². The Balaban J connectivity index is 2.16. The summed E-state index contributed by atoms with van der Waals surface area (Å²) in [4.78, 5) is 4.32. The monoisotopic (exact) mass is 247 g/mol. The van der Waals surface area contributed by atoms with Crippen LogP contribution in [-0.2, 0) is 0 Å². The lowest BCUT2D eigenvalue weighted by Gasteiger charge is -2.14. The van der Waals surface area contributed by atoms with Gasteiger partial charge < -0.3 is 5.32 Å². The number of hydrogen-bond donors (Lipinski definition) is 1. The zero-order valence-corrected chi connectivity index (χ0v) is 11.4. The molecule has 0 aliphatic carbocycles. The SMILES string of the molecule is Cc1cc(C)cc(C(C)Nc2nc(C)ns2)c1. The van der Waals surface area contributed by atoms with E-state index >= 15 is 0 Å². The second-order valence-electron chi connectivity index (χ2n) is 4.43.